The molecule has 2 aromatic rings. The molecule has 2 rings (SSSR count). The van der Waals surface area contributed by atoms with E-state index in [4.69, 9.17) is 10.3 Å². The highest BCUT2D eigenvalue weighted by Gasteiger charge is 2.34. The van der Waals surface area contributed by atoms with E-state index < -0.39 is 40.9 Å². The van der Waals surface area contributed by atoms with Crippen LogP contribution in [0.3, 0.4) is 0 Å². The number of alkyl halides is 3. The number of carbonyl (C=O) groups excluding carboxylic acids is 1. The Morgan fingerprint density at radius 2 is 2.13 bits per heavy atom. The van der Waals surface area contributed by atoms with E-state index in [1.165, 1.54) is 0 Å². The number of halogens is 3. The van der Waals surface area contributed by atoms with E-state index in [0.717, 1.165) is 6.07 Å². The van der Waals surface area contributed by atoms with Crippen molar-refractivity contribution in [3.63, 3.8) is 0 Å². The normalized spacial score (nSPS) is 11.3. The fraction of sp³-hybridized carbons (Fsp3) is 0.182. The zero-order valence-corrected chi connectivity index (χ0v) is 11.0. The van der Waals surface area contributed by atoms with Gasteiger partial charge in [0.25, 0.3) is 11.6 Å². The lowest BCUT2D eigenvalue weighted by molar-refractivity contribution is -0.384. The molecule has 0 fully saturated rings. The summed E-state index contributed by atoms with van der Waals surface area (Å²) < 4.78 is 46.9. The van der Waals surface area contributed by atoms with Gasteiger partial charge in [0.05, 0.1) is 10.5 Å². The quantitative estimate of drug-likeness (QED) is 0.670. The number of aromatic nitrogens is 2. The standard InChI is InChI=1S/C11H7F3N4O5/c12-11(13,14)5-1-2-6(7(3-5)18(20)21)9-16-8(17-23-9)4-22-10(15)19/h1-3H,4H2,(H2,15,19). The lowest BCUT2D eigenvalue weighted by Crippen LogP contribution is -2.13. The molecule has 0 aliphatic heterocycles. The van der Waals surface area contributed by atoms with Crippen LogP contribution in [-0.4, -0.2) is 21.2 Å². The number of rotatable bonds is 4. The van der Waals surface area contributed by atoms with Crippen molar-refractivity contribution in [1.82, 2.24) is 10.1 Å². The molecule has 1 aromatic heterocycles. The van der Waals surface area contributed by atoms with Crippen LogP contribution >= 0.6 is 0 Å². The van der Waals surface area contributed by atoms with Gasteiger partial charge in [-0.05, 0) is 12.1 Å². The Hall–Kier alpha value is -3.18. The highest BCUT2D eigenvalue weighted by atomic mass is 19.4. The molecule has 0 radical (unpaired) electrons. The second kappa shape index (κ2) is 5.90. The number of nitro groups is 1. The number of carbonyl (C=O) groups is 1. The molecular weight excluding hydrogens is 325 g/mol. The lowest BCUT2D eigenvalue weighted by Gasteiger charge is -2.07. The average Bonchev–Trinajstić information content (AvgIpc) is 2.92. The van der Waals surface area contributed by atoms with Crippen LogP contribution in [0.25, 0.3) is 11.5 Å². The molecule has 1 amide bonds. The van der Waals surface area contributed by atoms with E-state index in [2.05, 4.69) is 14.9 Å². The van der Waals surface area contributed by atoms with E-state index in [1.807, 2.05) is 0 Å². The molecule has 0 spiro atoms. The topological polar surface area (TPSA) is 134 Å². The monoisotopic (exact) mass is 332 g/mol. The molecule has 0 unspecified atom stereocenters. The summed E-state index contributed by atoms with van der Waals surface area (Å²) in [5.74, 6) is -0.554. The van der Waals surface area contributed by atoms with Crippen molar-refractivity contribution in [1.29, 1.82) is 0 Å². The molecule has 23 heavy (non-hydrogen) atoms. The third-order valence-corrected chi connectivity index (χ3v) is 2.56. The summed E-state index contributed by atoms with van der Waals surface area (Å²) in [4.78, 5) is 24.1. The molecule has 0 bridgehead atoms. The number of ether oxygens (including phenoxy) is 1. The SMILES string of the molecule is NC(=O)OCc1noc(-c2ccc(C(F)(F)F)cc2[N+](=O)[O-])n1. The predicted molar refractivity (Wildman–Crippen MR) is 65.8 cm³/mol. The smallest absolute Gasteiger partial charge is 0.416 e. The van der Waals surface area contributed by atoms with Gasteiger partial charge in [-0.1, -0.05) is 5.16 Å². The molecule has 0 saturated heterocycles. The van der Waals surface area contributed by atoms with Crippen LogP contribution in [0.1, 0.15) is 11.4 Å². The summed E-state index contributed by atoms with van der Waals surface area (Å²) >= 11 is 0. The van der Waals surface area contributed by atoms with Crippen LogP contribution in [0.15, 0.2) is 22.7 Å². The minimum atomic E-state index is -4.74. The van der Waals surface area contributed by atoms with Crippen molar-refractivity contribution in [3.8, 4) is 11.5 Å². The molecule has 0 aliphatic rings. The Labute approximate surface area is 125 Å². The molecule has 12 heteroatoms. The highest BCUT2D eigenvalue weighted by Crippen LogP contribution is 2.36. The van der Waals surface area contributed by atoms with Crippen LogP contribution in [0.5, 0.6) is 0 Å². The highest BCUT2D eigenvalue weighted by molar-refractivity contribution is 5.67. The van der Waals surface area contributed by atoms with Gasteiger partial charge < -0.3 is 15.0 Å². The van der Waals surface area contributed by atoms with E-state index >= 15 is 0 Å². The van der Waals surface area contributed by atoms with Crippen LogP contribution in [0.2, 0.25) is 0 Å². The number of nitrogens with two attached hydrogens (primary N) is 1. The van der Waals surface area contributed by atoms with E-state index in [0.29, 0.717) is 12.1 Å². The first kappa shape index (κ1) is 16.2. The Balaban J connectivity index is 2.39. The van der Waals surface area contributed by atoms with E-state index in [1.54, 1.807) is 0 Å². The minimum Gasteiger partial charge on any atom is -0.441 e. The Kier molecular flexibility index (Phi) is 4.16. The van der Waals surface area contributed by atoms with Gasteiger partial charge in [0, 0.05) is 6.07 Å². The molecule has 122 valence electrons. The summed E-state index contributed by atoms with van der Waals surface area (Å²) in [5, 5.41) is 14.3. The number of hydrogen-bond donors (Lipinski definition) is 1. The maximum absolute atomic E-state index is 12.6. The summed E-state index contributed by atoms with van der Waals surface area (Å²) in [6.45, 7) is -0.451. The van der Waals surface area contributed by atoms with Crippen molar-refractivity contribution < 1.29 is 32.1 Å². The molecule has 9 nitrogen and oxygen atoms in total. The van der Waals surface area contributed by atoms with Gasteiger partial charge in [-0.2, -0.15) is 18.2 Å². The van der Waals surface area contributed by atoms with Crippen molar-refractivity contribution in [3.05, 3.63) is 39.7 Å². The molecule has 0 aliphatic carbocycles. The van der Waals surface area contributed by atoms with Crippen LogP contribution < -0.4 is 5.73 Å². The van der Waals surface area contributed by atoms with Gasteiger partial charge >= 0.3 is 12.3 Å². The summed E-state index contributed by atoms with van der Waals surface area (Å²) in [6.07, 6.45) is -5.84. The van der Waals surface area contributed by atoms with Crippen molar-refractivity contribution >= 4 is 11.8 Å². The van der Waals surface area contributed by atoms with Gasteiger partial charge in [0.15, 0.2) is 6.61 Å². The third kappa shape index (κ3) is 3.72. The molecule has 0 saturated carbocycles. The fourth-order valence-electron chi connectivity index (χ4n) is 1.60. The number of nitrogens with zero attached hydrogens (tertiary/aromatic N) is 3. The van der Waals surface area contributed by atoms with Crippen molar-refractivity contribution in [2.75, 3.05) is 0 Å². The number of benzene rings is 1. The average molecular weight is 332 g/mol. The van der Waals surface area contributed by atoms with E-state index in [9.17, 15) is 28.1 Å². The maximum atomic E-state index is 12.6. The summed E-state index contributed by atoms with van der Waals surface area (Å²) in [5.41, 5.74) is 2.39. The first-order valence-electron chi connectivity index (χ1n) is 5.79. The number of hydrogen-bond acceptors (Lipinski definition) is 7. The third-order valence-electron chi connectivity index (χ3n) is 2.56. The second-order valence-electron chi connectivity index (χ2n) is 4.11. The molecular formula is C11H7F3N4O5. The lowest BCUT2D eigenvalue weighted by atomic mass is 10.1. The Morgan fingerprint density at radius 1 is 1.43 bits per heavy atom. The van der Waals surface area contributed by atoms with Gasteiger partial charge in [-0.15, -0.1) is 0 Å². The van der Waals surface area contributed by atoms with Crippen molar-refractivity contribution in [2.24, 2.45) is 5.73 Å². The predicted octanol–water partition coefficient (Wildman–Crippen LogP) is 2.26. The Morgan fingerprint density at radius 3 is 2.70 bits per heavy atom. The second-order valence-corrected chi connectivity index (χ2v) is 4.11. The maximum Gasteiger partial charge on any atom is 0.416 e. The largest absolute Gasteiger partial charge is 0.441 e. The van der Waals surface area contributed by atoms with Crippen molar-refractivity contribution in [2.45, 2.75) is 12.8 Å². The van der Waals surface area contributed by atoms with Crippen LogP contribution in [-0.2, 0) is 17.5 Å². The molecule has 0 atom stereocenters. The van der Waals surface area contributed by atoms with Gasteiger partial charge in [0.1, 0.15) is 5.56 Å². The first-order chi connectivity index (χ1) is 10.7. The van der Waals surface area contributed by atoms with Gasteiger partial charge in [-0.25, -0.2) is 4.79 Å². The Bertz CT molecular complexity index is 758. The number of nitro benzene ring substituents is 1. The molecule has 2 N–H and O–H groups in total. The van der Waals surface area contributed by atoms with Gasteiger partial charge in [0.2, 0.25) is 5.82 Å². The minimum absolute atomic E-state index is 0.159. The van der Waals surface area contributed by atoms with Crippen LogP contribution in [0, 0.1) is 10.1 Å². The zero-order valence-electron chi connectivity index (χ0n) is 11.0. The summed E-state index contributed by atoms with van der Waals surface area (Å²) in [7, 11) is 0. The molecule has 1 aromatic carbocycles. The number of primary amides is 1. The van der Waals surface area contributed by atoms with E-state index in [-0.39, 0.29) is 11.4 Å². The zero-order chi connectivity index (χ0) is 17.2. The van der Waals surface area contributed by atoms with Gasteiger partial charge in [-0.3, -0.25) is 10.1 Å². The number of amides is 1. The fourth-order valence-corrected chi connectivity index (χ4v) is 1.60. The van der Waals surface area contributed by atoms with Crippen LogP contribution in [0.4, 0.5) is 23.7 Å². The molecule has 1 heterocycles. The summed E-state index contributed by atoms with van der Waals surface area (Å²) in [6, 6.07) is 1.85. The first-order valence-corrected chi connectivity index (χ1v) is 5.79.